The number of esters is 1. The van der Waals surface area contributed by atoms with Gasteiger partial charge in [0.05, 0.1) is 22.9 Å². The van der Waals surface area contributed by atoms with Crippen molar-refractivity contribution in [1.29, 1.82) is 5.26 Å². The maximum absolute atomic E-state index is 12.0. The van der Waals surface area contributed by atoms with E-state index in [1.54, 1.807) is 19.1 Å². The third-order valence-corrected chi connectivity index (χ3v) is 3.99. The molecule has 3 aromatic rings. The molecule has 8 nitrogen and oxygen atoms in total. The number of aromatic amines is 1. The van der Waals surface area contributed by atoms with Crippen molar-refractivity contribution in [2.45, 2.75) is 6.92 Å². The van der Waals surface area contributed by atoms with E-state index in [4.69, 9.17) is 4.74 Å². The van der Waals surface area contributed by atoms with Crippen molar-refractivity contribution in [3.8, 4) is 6.07 Å². The molecule has 0 fully saturated rings. The third-order valence-electron chi connectivity index (χ3n) is 3.99. The highest BCUT2D eigenvalue weighted by molar-refractivity contribution is 6.03. The number of anilines is 2. The number of hydrogen-bond acceptors (Lipinski definition) is 6. The molecule has 0 aliphatic heterocycles. The monoisotopic (exact) mass is 376 g/mol. The molecule has 1 aromatic heterocycles. The maximum Gasteiger partial charge on any atom is 0.348 e. The lowest BCUT2D eigenvalue weighted by Crippen LogP contribution is -2.06. The van der Waals surface area contributed by atoms with Gasteiger partial charge in [-0.05, 0) is 31.2 Å². The average Bonchev–Trinajstić information content (AvgIpc) is 3.04. The molecule has 0 bridgehead atoms. The lowest BCUT2D eigenvalue weighted by Gasteiger charge is -2.07. The second-order valence-corrected chi connectivity index (χ2v) is 5.78. The first-order valence-electron chi connectivity index (χ1n) is 8.44. The Labute approximate surface area is 160 Å². The molecule has 3 rings (SSSR count). The molecule has 0 aliphatic rings. The summed E-state index contributed by atoms with van der Waals surface area (Å²) >= 11 is 0. The van der Waals surface area contributed by atoms with Crippen molar-refractivity contribution in [2.24, 2.45) is 0 Å². The van der Waals surface area contributed by atoms with E-state index in [1.165, 1.54) is 18.2 Å². The molecule has 140 valence electrons. The molecule has 0 spiro atoms. The van der Waals surface area contributed by atoms with Gasteiger partial charge in [0.1, 0.15) is 11.6 Å². The molecule has 0 unspecified atom stereocenters. The first kappa shape index (κ1) is 18.7. The number of fused-ring (bicyclic) bond motifs is 1. The summed E-state index contributed by atoms with van der Waals surface area (Å²) in [6.07, 6.45) is 1.42. The van der Waals surface area contributed by atoms with Gasteiger partial charge in [0, 0.05) is 28.7 Å². The summed E-state index contributed by atoms with van der Waals surface area (Å²) in [7, 11) is 0. The van der Waals surface area contributed by atoms with Gasteiger partial charge in [0.2, 0.25) is 0 Å². The van der Waals surface area contributed by atoms with Gasteiger partial charge in [-0.15, -0.1) is 0 Å². The van der Waals surface area contributed by atoms with Crippen molar-refractivity contribution in [1.82, 2.24) is 4.98 Å². The number of nitriles is 1. The zero-order valence-corrected chi connectivity index (χ0v) is 14.9. The Morgan fingerprint density at radius 1 is 1.29 bits per heavy atom. The van der Waals surface area contributed by atoms with Gasteiger partial charge in [-0.1, -0.05) is 18.2 Å². The number of nitro groups is 1. The molecule has 8 heteroatoms. The fraction of sp³-hybridized carbons (Fsp3) is 0.100. The summed E-state index contributed by atoms with van der Waals surface area (Å²) in [6, 6.07) is 15.3. The summed E-state index contributed by atoms with van der Waals surface area (Å²) in [5, 5.41) is 24.2. The fourth-order valence-electron chi connectivity index (χ4n) is 2.71. The third kappa shape index (κ3) is 3.83. The van der Waals surface area contributed by atoms with Crippen LogP contribution in [0, 0.1) is 21.4 Å². The quantitative estimate of drug-likeness (QED) is 0.218. The van der Waals surface area contributed by atoms with Crippen molar-refractivity contribution >= 4 is 40.0 Å². The second kappa shape index (κ2) is 8.05. The molecule has 1 heterocycles. The van der Waals surface area contributed by atoms with E-state index >= 15 is 0 Å². The number of benzene rings is 2. The van der Waals surface area contributed by atoms with Crippen LogP contribution in [0.25, 0.3) is 17.0 Å². The highest BCUT2D eigenvalue weighted by atomic mass is 16.6. The normalized spacial score (nSPS) is 11.1. The average molecular weight is 376 g/mol. The van der Waals surface area contributed by atoms with E-state index < -0.39 is 10.9 Å². The fourth-order valence-corrected chi connectivity index (χ4v) is 2.71. The molecule has 2 aromatic carbocycles. The van der Waals surface area contributed by atoms with Crippen LogP contribution in [-0.4, -0.2) is 22.5 Å². The molecule has 2 N–H and O–H groups in total. The van der Waals surface area contributed by atoms with E-state index in [0.717, 1.165) is 10.9 Å². The lowest BCUT2D eigenvalue weighted by atomic mass is 10.1. The number of carbonyl (C=O) groups is 1. The van der Waals surface area contributed by atoms with Crippen molar-refractivity contribution in [2.75, 3.05) is 11.9 Å². The molecule has 28 heavy (non-hydrogen) atoms. The van der Waals surface area contributed by atoms with E-state index in [1.807, 2.05) is 30.3 Å². The van der Waals surface area contributed by atoms with Crippen LogP contribution in [-0.2, 0) is 9.53 Å². The minimum atomic E-state index is -0.704. The van der Waals surface area contributed by atoms with E-state index in [2.05, 4.69) is 10.3 Å². The van der Waals surface area contributed by atoms with Crippen molar-refractivity contribution in [3.05, 3.63) is 69.9 Å². The Bertz CT molecular complexity index is 1110. The molecule has 0 saturated heterocycles. The van der Waals surface area contributed by atoms with Crippen LogP contribution < -0.4 is 5.32 Å². The summed E-state index contributed by atoms with van der Waals surface area (Å²) < 4.78 is 4.91. The van der Waals surface area contributed by atoms with E-state index in [-0.39, 0.29) is 17.9 Å². The highest BCUT2D eigenvalue weighted by Gasteiger charge is 2.15. The summed E-state index contributed by atoms with van der Waals surface area (Å²) in [5.41, 5.74) is 2.43. The first-order valence-corrected chi connectivity index (χ1v) is 8.44. The molecular weight excluding hydrogens is 360 g/mol. The minimum absolute atomic E-state index is 0.0151. The van der Waals surface area contributed by atoms with E-state index in [0.29, 0.717) is 17.1 Å². The Hall–Kier alpha value is -4.12. The summed E-state index contributed by atoms with van der Waals surface area (Å²) in [4.78, 5) is 25.5. The van der Waals surface area contributed by atoms with Gasteiger partial charge < -0.3 is 15.0 Å². The zero-order chi connectivity index (χ0) is 20.1. The molecule has 0 radical (unpaired) electrons. The zero-order valence-electron chi connectivity index (χ0n) is 14.9. The van der Waals surface area contributed by atoms with Crippen LogP contribution in [0.2, 0.25) is 0 Å². The predicted octanol–water partition coefficient (Wildman–Crippen LogP) is 4.29. The number of aromatic nitrogens is 1. The topological polar surface area (TPSA) is 121 Å². The number of non-ortho nitro benzene ring substituents is 1. The minimum Gasteiger partial charge on any atom is -0.462 e. The lowest BCUT2D eigenvalue weighted by molar-refractivity contribution is -0.384. The number of rotatable bonds is 6. The molecule has 0 aliphatic carbocycles. The number of nitrogens with one attached hydrogen (secondary N) is 2. The molecule has 0 amide bonds. The second-order valence-electron chi connectivity index (χ2n) is 5.78. The number of para-hydroxylation sites is 1. The predicted molar refractivity (Wildman–Crippen MR) is 105 cm³/mol. The van der Waals surface area contributed by atoms with Gasteiger partial charge in [-0.2, -0.15) is 5.26 Å². The Balaban J connectivity index is 2.05. The highest BCUT2D eigenvalue weighted by Crippen LogP contribution is 2.32. The number of nitrogens with zero attached hydrogens (tertiary/aromatic N) is 2. The van der Waals surface area contributed by atoms with Gasteiger partial charge in [-0.3, -0.25) is 10.1 Å². The van der Waals surface area contributed by atoms with Crippen LogP contribution in [0.15, 0.2) is 54.1 Å². The van der Waals surface area contributed by atoms with E-state index in [9.17, 15) is 20.2 Å². The summed E-state index contributed by atoms with van der Waals surface area (Å²) in [5.74, 6) is -0.704. The number of nitro benzene ring substituents is 1. The van der Waals surface area contributed by atoms with Crippen LogP contribution in [0.5, 0.6) is 0 Å². The van der Waals surface area contributed by atoms with Gasteiger partial charge in [0.25, 0.3) is 5.69 Å². The van der Waals surface area contributed by atoms with Crippen molar-refractivity contribution < 1.29 is 14.5 Å². The van der Waals surface area contributed by atoms with Gasteiger partial charge in [-0.25, -0.2) is 4.79 Å². The van der Waals surface area contributed by atoms with Crippen LogP contribution in [0.4, 0.5) is 17.1 Å². The summed E-state index contributed by atoms with van der Waals surface area (Å²) in [6.45, 7) is 1.83. The van der Waals surface area contributed by atoms with Gasteiger partial charge >= 0.3 is 5.97 Å². The number of hydrogen-bond donors (Lipinski definition) is 2. The maximum atomic E-state index is 12.0. The van der Waals surface area contributed by atoms with Crippen molar-refractivity contribution in [3.63, 3.8) is 0 Å². The smallest absolute Gasteiger partial charge is 0.348 e. The SMILES string of the molecule is CCOC(=O)/C(C#N)=C\c1[nH]c2ccccc2c1Nc1ccc([N+](=O)[O-])cc1. The van der Waals surface area contributed by atoms with Crippen LogP contribution >= 0.6 is 0 Å². The Morgan fingerprint density at radius 3 is 2.64 bits per heavy atom. The van der Waals surface area contributed by atoms with Crippen LogP contribution in [0.3, 0.4) is 0 Å². The molecule has 0 atom stereocenters. The Kier molecular flexibility index (Phi) is 5.37. The largest absolute Gasteiger partial charge is 0.462 e. The number of ether oxygens (including phenoxy) is 1. The van der Waals surface area contributed by atoms with Gasteiger partial charge in [0.15, 0.2) is 0 Å². The van der Waals surface area contributed by atoms with Crippen LogP contribution in [0.1, 0.15) is 12.6 Å². The molecular formula is C20H16N4O4. The standard InChI is InChI=1S/C20H16N4O4/c1-2-28-20(25)13(12-21)11-18-19(16-5-3-4-6-17(16)23-18)22-14-7-9-15(10-8-14)24(26)27/h3-11,22-23H,2H2,1H3/b13-11-. The number of carbonyl (C=O) groups excluding carboxylic acids is 1. The molecule has 0 saturated carbocycles. The number of H-pyrrole nitrogens is 1. The first-order chi connectivity index (χ1) is 13.5. The Morgan fingerprint density at radius 2 is 2.00 bits per heavy atom.